The molecule has 3 aliphatic rings. The summed E-state index contributed by atoms with van der Waals surface area (Å²) < 4.78 is 0. The lowest BCUT2D eigenvalue weighted by Gasteiger charge is -2.57. The van der Waals surface area contributed by atoms with Gasteiger partial charge < -0.3 is 0 Å². The van der Waals surface area contributed by atoms with Crippen molar-refractivity contribution in [3.8, 4) is 0 Å². The molecule has 3 rings (SSSR count). The number of fused-ring (bicyclic) bond motifs is 2. The van der Waals surface area contributed by atoms with E-state index in [-0.39, 0.29) is 0 Å². The minimum Gasteiger partial charge on any atom is -0.102 e. The fourth-order valence-corrected chi connectivity index (χ4v) is 6.01. The summed E-state index contributed by atoms with van der Waals surface area (Å²) in [5.41, 5.74) is 4.55. The van der Waals surface area contributed by atoms with Crippen LogP contribution in [0.1, 0.15) is 79.1 Å². The monoisotopic (exact) mass is 286 g/mol. The van der Waals surface area contributed by atoms with Crippen LogP contribution in [0.5, 0.6) is 0 Å². The first-order valence-corrected chi connectivity index (χ1v) is 9.25. The Bertz CT molecular complexity index is 451. The van der Waals surface area contributed by atoms with Gasteiger partial charge in [-0.25, -0.2) is 0 Å². The van der Waals surface area contributed by atoms with Crippen LogP contribution >= 0.6 is 0 Å². The van der Waals surface area contributed by atoms with Crippen LogP contribution in [0.2, 0.25) is 0 Å². The van der Waals surface area contributed by atoms with Gasteiger partial charge in [0.1, 0.15) is 0 Å². The van der Waals surface area contributed by atoms with E-state index in [9.17, 15) is 0 Å². The molecule has 0 spiro atoms. The third-order valence-corrected chi connectivity index (χ3v) is 7.28. The van der Waals surface area contributed by atoms with Crippen molar-refractivity contribution >= 4 is 0 Å². The summed E-state index contributed by atoms with van der Waals surface area (Å²) in [4.78, 5) is 0. The van der Waals surface area contributed by atoms with Crippen molar-refractivity contribution in [2.45, 2.75) is 79.1 Å². The van der Waals surface area contributed by atoms with E-state index in [1.807, 2.05) is 11.1 Å². The second-order valence-electron chi connectivity index (χ2n) is 9.01. The van der Waals surface area contributed by atoms with E-state index >= 15 is 0 Å². The molecule has 3 aliphatic carbocycles. The molecule has 0 heteroatoms. The Kier molecular flexibility index (Phi) is 3.87. The van der Waals surface area contributed by atoms with Gasteiger partial charge in [-0.3, -0.25) is 0 Å². The summed E-state index contributed by atoms with van der Waals surface area (Å²) in [6.45, 7) is 14.2. The van der Waals surface area contributed by atoms with Gasteiger partial charge in [0.25, 0.3) is 0 Å². The fourth-order valence-electron chi connectivity index (χ4n) is 6.01. The molecule has 3 unspecified atom stereocenters. The second-order valence-corrected chi connectivity index (χ2v) is 9.01. The van der Waals surface area contributed by atoms with Gasteiger partial charge in [-0.1, -0.05) is 51.3 Å². The van der Waals surface area contributed by atoms with Crippen LogP contribution in [0, 0.1) is 28.6 Å². The van der Waals surface area contributed by atoms with E-state index in [0.717, 1.165) is 17.8 Å². The molecule has 1 fully saturated rings. The largest absolute Gasteiger partial charge is 0.102 e. The molecule has 0 aromatic heterocycles. The average Bonchev–Trinajstić information content (AvgIpc) is 2.45. The molecule has 118 valence electrons. The Morgan fingerprint density at radius 2 is 1.90 bits per heavy atom. The number of allylic oxidation sites excluding steroid dienone is 3. The quantitative estimate of drug-likeness (QED) is 0.506. The zero-order chi connectivity index (χ0) is 15.3. The molecule has 0 bridgehead atoms. The first kappa shape index (κ1) is 15.4. The Morgan fingerprint density at radius 3 is 2.57 bits per heavy atom. The lowest BCUT2D eigenvalue weighted by Crippen LogP contribution is -2.47. The third kappa shape index (κ3) is 2.34. The van der Waals surface area contributed by atoms with Crippen LogP contribution in [0.4, 0.5) is 0 Å². The highest BCUT2D eigenvalue weighted by Gasteiger charge is 2.52. The van der Waals surface area contributed by atoms with E-state index in [1.165, 1.54) is 51.4 Å². The highest BCUT2D eigenvalue weighted by atomic mass is 14.6. The lowest BCUT2D eigenvalue weighted by atomic mass is 9.48. The Morgan fingerprint density at radius 1 is 1.14 bits per heavy atom. The first-order valence-electron chi connectivity index (χ1n) is 9.25. The molecule has 3 atom stereocenters. The van der Waals surface area contributed by atoms with E-state index in [1.54, 1.807) is 0 Å². The molecular formula is C21H34. The van der Waals surface area contributed by atoms with Crippen LogP contribution < -0.4 is 0 Å². The van der Waals surface area contributed by atoms with Crippen LogP contribution in [-0.4, -0.2) is 0 Å². The van der Waals surface area contributed by atoms with Crippen molar-refractivity contribution in [3.05, 3.63) is 23.8 Å². The maximum absolute atomic E-state index is 4.34. The maximum Gasteiger partial charge on any atom is 0.0124 e. The van der Waals surface area contributed by atoms with Crippen molar-refractivity contribution in [2.75, 3.05) is 0 Å². The van der Waals surface area contributed by atoms with Crippen LogP contribution in [0.25, 0.3) is 0 Å². The van der Waals surface area contributed by atoms with Crippen molar-refractivity contribution in [2.24, 2.45) is 28.6 Å². The van der Waals surface area contributed by atoms with E-state index in [2.05, 4.69) is 40.3 Å². The van der Waals surface area contributed by atoms with Crippen molar-refractivity contribution in [1.29, 1.82) is 0 Å². The first-order chi connectivity index (χ1) is 9.90. The Balaban J connectivity index is 1.99. The van der Waals surface area contributed by atoms with Crippen LogP contribution in [0.3, 0.4) is 0 Å². The topological polar surface area (TPSA) is 0 Å². The zero-order valence-electron chi connectivity index (χ0n) is 14.7. The van der Waals surface area contributed by atoms with Gasteiger partial charge in [-0.15, -0.1) is 6.58 Å². The number of hydrogen-bond donors (Lipinski definition) is 0. The maximum atomic E-state index is 4.34. The molecule has 21 heavy (non-hydrogen) atoms. The van der Waals surface area contributed by atoms with E-state index in [4.69, 9.17) is 0 Å². The zero-order valence-corrected chi connectivity index (χ0v) is 14.7. The Hall–Kier alpha value is -0.520. The van der Waals surface area contributed by atoms with Crippen molar-refractivity contribution < 1.29 is 0 Å². The molecule has 0 amide bonds. The van der Waals surface area contributed by atoms with Gasteiger partial charge in [-0.05, 0) is 68.1 Å². The van der Waals surface area contributed by atoms with Gasteiger partial charge >= 0.3 is 0 Å². The van der Waals surface area contributed by atoms with Gasteiger partial charge in [0.2, 0.25) is 0 Å². The second kappa shape index (κ2) is 5.28. The predicted octanol–water partition coefficient (Wildman–Crippen LogP) is 6.53. The van der Waals surface area contributed by atoms with Crippen LogP contribution in [0.15, 0.2) is 23.8 Å². The summed E-state index contributed by atoms with van der Waals surface area (Å²) in [7, 11) is 0. The highest BCUT2D eigenvalue weighted by Crippen LogP contribution is 2.62. The van der Waals surface area contributed by atoms with Gasteiger partial charge in [0, 0.05) is 5.41 Å². The molecule has 0 heterocycles. The molecule has 0 aromatic rings. The summed E-state index contributed by atoms with van der Waals surface area (Å²) in [6.07, 6.45) is 13.5. The molecule has 0 radical (unpaired) electrons. The van der Waals surface area contributed by atoms with E-state index in [0.29, 0.717) is 10.8 Å². The Labute approximate surface area is 132 Å². The number of rotatable bonds is 2. The summed E-state index contributed by atoms with van der Waals surface area (Å²) >= 11 is 0. The van der Waals surface area contributed by atoms with Crippen molar-refractivity contribution in [1.82, 2.24) is 0 Å². The molecule has 1 saturated carbocycles. The SMILES string of the molecule is C=CC12CCCC(C)(C)C1CCC1=C2CCC(C(C)C)C1. The molecule has 0 aromatic carbocycles. The summed E-state index contributed by atoms with van der Waals surface area (Å²) in [5.74, 6) is 2.61. The number of hydrogen-bond acceptors (Lipinski definition) is 0. The van der Waals surface area contributed by atoms with Gasteiger partial charge in [0.05, 0.1) is 0 Å². The normalized spacial score (nSPS) is 38.9. The molecule has 0 aliphatic heterocycles. The highest BCUT2D eigenvalue weighted by molar-refractivity contribution is 5.35. The minimum atomic E-state index is 0.358. The smallest absolute Gasteiger partial charge is 0.0124 e. The fraction of sp³-hybridized carbons (Fsp3) is 0.810. The molecule has 0 saturated heterocycles. The van der Waals surface area contributed by atoms with Gasteiger partial charge in [0.15, 0.2) is 0 Å². The molecule has 0 N–H and O–H groups in total. The standard InChI is InChI=1S/C21H34/c1-6-21-13-7-12-20(4,5)19(21)11-9-17-14-16(15(2)3)8-10-18(17)21/h6,15-16,19H,1,7-14H2,2-5H3. The predicted molar refractivity (Wildman–Crippen MR) is 92.2 cm³/mol. The van der Waals surface area contributed by atoms with Crippen molar-refractivity contribution in [3.63, 3.8) is 0 Å². The molecule has 0 nitrogen and oxygen atoms in total. The summed E-state index contributed by atoms with van der Waals surface area (Å²) in [5, 5.41) is 0. The van der Waals surface area contributed by atoms with Gasteiger partial charge in [-0.2, -0.15) is 0 Å². The average molecular weight is 287 g/mol. The van der Waals surface area contributed by atoms with Crippen LogP contribution in [-0.2, 0) is 0 Å². The summed E-state index contributed by atoms with van der Waals surface area (Å²) in [6, 6.07) is 0. The minimum absolute atomic E-state index is 0.358. The molecular weight excluding hydrogens is 252 g/mol. The van der Waals surface area contributed by atoms with E-state index < -0.39 is 0 Å². The lowest BCUT2D eigenvalue weighted by molar-refractivity contribution is 0.0252. The third-order valence-electron chi connectivity index (χ3n) is 7.28.